The van der Waals surface area contributed by atoms with E-state index in [0.29, 0.717) is 0 Å². The Morgan fingerprint density at radius 3 is 1.43 bits per heavy atom. The van der Waals surface area contributed by atoms with Crippen molar-refractivity contribution in [2.45, 2.75) is 90.9 Å². The zero-order valence-electron chi connectivity index (χ0n) is 15.2. The van der Waals surface area contributed by atoms with Gasteiger partial charge < -0.3 is 9.64 Å². The maximum atomic E-state index is 5.25. The summed E-state index contributed by atoms with van der Waals surface area (Å²) in [6, 6.07) is 0. The SMILES string of the molecule is CCCCCCCCN(CCCCCCCC)CCOC. The van der Waals surface area contributed by atoms with Gasteiger partial charge in [-0.05, 0) is 25.9 Å². The van der Waals surface area contributed by atoms with Crippen LogP contribution in [0.3, 0.4) is 0 Å². The molecule has 128 valence electrons. The molecule has 0 N–H and O–H groups in total. The summed E-state index contributed by atoms with van der Waals surface area (Å²) < 4.78 is 5.25. The molecule has 0 aromatic carbocycles. The minimum Gasteiger partial charge on any atom is -0.383 e. The lowest BCUT2D eigenvalue weighted by Crippen LogP contribution is -2.29. The zero-order valence-corrected chi connectivity index (χ0v) is 15.2. The number of ether oxygens (including phenoxy) is 1. The molecule has 0 aromatic rings. The van der Waals surface area contributed by atoms with E-state index < -0.39 is 0 Å². The predicted molar refractivity (Wildman–Crippen MR) is 95.1 cm³/mol. The average molecular weight is 300 g/mol. The van der Waals surface area contributed by atoms with Gasteiger partial charge in [-0.2, -0.15) is 0 Å². The van der Waals surface area contributed by atoms with Crippen molar-refractivity contribution < 1.29 is 4.74 Å². The van der Waals surface area contributed by atoms with E-state index >= 15 is 0 Å². The fraction of sp³-hybridized carbons (Fsp3) is 1.00. The molecule has 0 radical (unpaired) electrons. The third-order valence-electron chi connectivity index (χ3n) is 4.27. The van der Waals surface area contributed by atoms with Crippen molar-refractivity contribution >= 4 is 0 Å². The number of rotatable bonds is 17. The van der Waals surface area contributed by atoms with Crippen molar-refractivity contribution in [1.29, 1.82) is 0 Å². The summed E-state index contributed by atoms with van der Waals surface area (Å²) in [5, 5.41) is 0. The molecule has 0 unspecified atom stereocenters. The molecule has 0 rings (SSSR count). The Bertz CT molecular complexity index is 168. The van der Waals surface area contributed by atoms with E-state index in [9.17, 15) is 0 Å². The molecule has 0 saturated heterocycles. The molecular formula is C19H41NO. The molecule has 2 nitrogen and oxygen atoms in total. The van der Waals surface area contributed by atoms with E-state index in [2.05, 4.69) is 18.7 Å². The van der Waals surface area contributed by atoms with E-state index in [1.807, 2.05) is 7.11 Å². The summed E-state index contributed by atoms with van der Waals surface area (Å²) in [7, 11) is 1.81. The highest BCUT2D eigenvalue weighted by molar-refractivity contribution is 4.59. The summed E-state index contributed by atoms with van der Waals surface area (Å²) in [5.41, 5.74) is 0. The van der Waals surface area contributed by atoms with E-state index in [-0.39, 0.29) is 0 Å². The predicted octanol–water partition coefficient (Wildman–Crippen LogP) is 5.66. The fourth-order valence-corrected chi connectivity index (χ4v) is 2.79. The molecule has 0 amide bonds. The first-order chi connectivity index (χ1) is 10.3. The van der Waals surface area contributed by atoms with Gasteiger partial charge >= 0.3 is 0 Å². The fourth-order valence-electron chi connectivity index (χ4n) is 2.79. The zero-order chi connectivity index (χ0) is 15.6. The average Bonchev–Trinajstić information content (AvgIpc) is 2.50. The Balaban J connectivity index is 3.56. The molecule has 0 aliphatic rings. The molecular weight excluding hydrogens is 258 g/mol. The van der Waals surface area contributed by atoms with Crippen LogP contribution < -0.4 is 0 Å². The van der Waals surface area contributed by atoms with Crippen LogP contribution in [0, 0.1) is 0 Å². The molecule has 0 saturated carbocycles. The molecule has 0 fully saturated rings. The van der Waals surface area contributed by atoms with Gasteiger partial charge in [0.1, 0.15) is 0 Å². The maximum absolute atomic E-state index is 5.25. The van der Waals surface area contributed by atoms with Crippen LogP contribution >= 0.6 is 0 Å². The van der Waals surface area contributed by atoms with Gasteiger partial charge in [0.15, 0.2) is 0 Å². The number of unbranched alkanes of at least 4 members (excludes halogenated alkanes) is 10. The van der Waals surface area contributed by atoms with Crippen LogP contribution in [0.1, 0.15) is 90.9 Å². The Labute approximate surface area is 134 Å². The van der Waals surface area contributed by atoms with Gasteiger partial charge in [-0.1, -0.05) is 78.1 Å². The largest absolute Gasteiger partial charge is 0.383 e. The minimum atomic E-state index is 0.881. The first-order valence-corrected chi connectivity index (χ1v) is 9.56. The lowest BCUT2D eigenvalue weighted by Gasteiger charge is -2.22. The second-order valence-electron chi connectivity index (χ2n) is 6.37. The Morgan fingerprint density at radius 2 is 1.00 bits per heavy atom. The van der Waals surface area contributed by atoms with Crippen molar-refractivity contribution in [2.75, 3.05) is 33.4 Å². The molecule has 2 heteroatoms. The van der Waals surface area contributed by atoms with Crippen molar-refractivity contribution in [3.05, 3.63) is 0 Å². The van der Waals surface area contributed by atoms with Crippen LogP contribution in [0.2, 0.25) is 0 Å². The van der Waals surface area contributed by atoms with E-state index in [0.717, 1.165) is 13.2 Å². The number of hydrogen-bond donors (Lipinski definition) is 0. The molecule has 21 heavy (non-hydrogen) atoms. The van der Waals surface area contributed by atoms with Crippen molar-refractivity contribution in [3.8, 4) is 0 Å². The van der Waals surface area contributed by atoms with Gasteiger partial charge in [0.25, 0.3) is 0 Å². The summed E-state index contributed by atoms with van der Waals surface area (Å²) >= 11 is 0. The molecule has 0 aliphatic carbocycles. The molecule has 0 atom stereocenters. The highest BCUT2D eigenvalue weighted by Crippen LogP contribution is 2.08. The smallest absolute Gasteiger partial charge is 0.0589 e. The van der Waals surface area contributed by atoms with E-state index in [1.165, 1.54) is 90.1 Å². The number of hydrogen-bond acceptors (Lipinski definition) is 2. The quantitative estimate of drug-likeness (QED) is 0.321. The molecule has 0 bridgehead atoms. The number of methoxy groups -OCH3 is 1. The van der Waals surface area contributed by atoms with Crippen LogP contribution in [-0.4, -0.2) is 38.3 Å². The third kappa shape index (κ3) is 16.1. The Kier molecular flexibility index (Phi) is 17.9. The first kappa shape index (κ1) is 20.9. The van der Waals surface area contributed by atoms with Crippen LogP contribution in [-0.2, 0) is 4.74 Å². The van der Waals surface area contributed by atoms with Crippen LogP contribution in [0.4, 0.5) is 0 Å². The van der Waals surface area contributed by atoms with Crippen LogP contribution in [0.5, 0.6) is 0 Å². The third-order valence-corrected chi connectivity index (χ3v) is 4.27. The molecule has 0 heterocycles. The lowest BCUT2D eigenvalue weighted by molar-refractivity contribution is 0.145. The normalized spacial score (nSPS) is 11.4. The van der Waals surface area contributed by atoms with Crippen molar-refractivity contribution in [1.82, 2.24) is 4.90 Å². The second kappa shape index (κ2) is 18.0. The van der Waals surface area contributed by atoms with Crippen LogP contribution in [0.25, 0.3) is 0 Å². The molecule has 0 aliphatic heterocycles. The molecule has 0 spiro atoms. The monoisotopic (exact) mass is 299 g/mol. The Morgan fingerprint density at radius 1 is 0.571 bits per heavy atom. The van der Waals surface area contributed by atoms with Gasteiger partial charge in [0, 0.05) is 13.7 Å². The summed E-state index contributed by atoms with van der Waals surface area (Å²) in [6.45, 7) is 9.10. The van der Waals surface area contributed by atoms with Crippen molar-refractivity contribution in [2.24, 2.45) is 0 Å². The van der Waals surface area contributed by atoms with Gasteiger partial charge in [-0.15, -0.1) is 0 Å². The van der Waals surface area contributed by atoms with Crippen LogP contribution in [0.15, 0.2) is 0 Å². The maximum Gasteiger partial charge on any atom is 0.0589 e. The summed E-state index contributed by atoms with van der Waals surface area (Å²) in [5.74, 6) is 0. The van der Waals surface area contributed by atoms with Crippen molar-refractivity contribution in [3.63, 3.8) is 0 Å². The molecule has 0 aromatic heterocycles. The standard InChI is InChI=1S/C19H41NO/c1-4-6-8-10-12-14-16-20(18-19-21-3)17-15-13-11-9-7-5-2/h4-19H2,1-3H3. The van der Waals surface area contributed by atoms with Gasteiger partial charge in [0.05, 0.1) is 6.61 Å². The second-order valence-corrected chi connectivity index (χ2v) is 6.37. The highest BCUT2D eigenvalue weighted by Gasteiger charge is 2.04. The summed E-state index contributed by atoms with van der Waals surface area (Å²) in [6.07, 6.45) is 16.7. The summed E-state index contributed by atoms with van der Waals surface area (Å²) in [4.78, 5) is 2.61. The van der Waals surface area contributed by atoms with Gasteiger partial charge in [-0.3, -0.25) is 0 Å². The minimum absolute atomic E-state index is 0.881. The van der Waals surface area contributed by atoms with E-state index in [4.69, 9.17) is 4.74 Å². The van der Waals surface area contributed by atoms with Gasteiger partial charge in [0.2, 0.25) is 0 Å². The van der Waals surface area contributed by atoms with E-state index in [1.54, 1.807) is 0 Å². The first-order valence-electron chi connectivity index (χ1n) is 9.56. The highest BCUT2D eigenvalue weighted by atomic mass is 16.5. The Hall–Kier alpha value is -0.0800. The number of nitrogens with zero attached hydrogens (tertiary/aromatic N) is 1. The van der Waals surface area contributed by atoms with Gasteiger partial charge in [-0.25, -0.2) is 0 Å². The lowest BCUT2D eigenvalue weighted by atomic mass is 10.1. The topological polar surface area (TPSA) is 12.5 Å².